The van der Waals surface area contributed by atoms with E-state index in [-0.39, 0.29) is 5.78 Å². The van der Waals surface area contributed by atoms with Crippen LogP contribution in [-0.2, 0) is 0 Å². The fourth-order valence-corrected chi connectivity index (χ4v) is 2.15. The number of aryl methyl sites for hydroxylation is 1. The summed E-state index contributed by atoms with van der Waals surface area (Å²) in [6.07, 6.45) is 2.29. The van der Waals surface area contributed by atoms with Gasteiger partial charge in [-0.1, -0.05) is 13.8 Å². The Balaban J connectivity index is 2.97. The van der Waals surface area contributed by atoms with Gasteiger partial charge in [0.1, 0.15) is 0 Å². The van der Waals surface area contributed by atoms with E-state index in [0.717, 1.165) is 37.1 Å². The highest BCUT2D eigenvalue weighted by Crippen LogP contribution is 2.20. The molecule has 0 unspecified atom stereocenters. The monoisotopic (exact) mass is 233 g/mol. The third-order valence-electron chi connectivity index (χ3n) is 2.94. The maximum Gasteiger partial charge on any atom is 0.160 e. The lowest BCUT2D eigenvalue weighted by atomic mass is 10.0. The lowest BCUT2D eigenvalue weighted by molar-refractivity contribution is 0.101. The van der Waals surface area contributed by atoms with Gasteiger partial charge in [-0.3, -0.25) is 4.79 Å². The highest BCUT2D eigenvalue weighted by atomic mass is 16.1. The third-order valence-corrected chi connectivity index (χ3v) is 2.94. The van der Waals surface area contributed by atoms with Crippen molar-refractivity contribution in [3.8, 4) is 0 Å². The number of nitrogens with zero attached hydrogens (tertiary/aromatic N) is 1. The van der Waals surface area contributed by atoms with Crippen molar-refractivity contribution >= 4 is 11.5 Å². The Bertz CT molecular complexity index is 379. The molecule has 0 aliphatic heterocycles. The molecule has 0 aliphatic carbocycles. The van der Waals surface area contributed by atoms with Crippen LogP contribution in [0.3, 0.4) is 0 Å². The molecule has 0 aliphatic rings. The maximum absolute atomic E-state index is 11.4. The summed E-state index contributed by atoms with van der Waals surface area (Å²) in [5.41, 5.74) is 3.14. The van der Waals surface area contributed by atoms with Crippen molar-refractivity contribution in [2.75, 3.05) is 18.0 Å². The Morgan fingerprint density at radius 1 is 1.18 bits per heavy atom. The molecule has 0 fully saturated rings. The van der Waals surface area contributed by atoms with Crippen LogP contribution in [0.15, 0.2) is 18.2 Å². The summed E-state index contributed by atoms with van der Waals surface area (Å²) in [5.74, 6) is 0.145. The minimum Gasteiger partial charge on any atom is -0.372 e. The van der Waals surface area contributed by atoms with Crippen molar-refractivity contribution in [3.05, 3.63) is 29.3 Å². The van der Waals surface area contributed by atoms with Gasteiger partial charge < -0.3 is 4.90 Å². The van der Waals surface area contributed by atoms with Gasteiger partial charge in [-0.2, -0.15) is 0 Å². The van der Waals surface area contributed by atoms with E-state index in [4.69, 9.17) is 0 Å². The quantitative estimate of drug-likeness (QED) is 0.696. The van der Waals surface area contributed by atoms with Crippen LogP contribution in [0.5, 0.6) is 0 Å². The molecule has 0 atom stereocenters. The van der Waals surface area contributed by atoms with E-state index < -0.39 is 0 Å². The second-order valence-corrected chi connectivity index (χ2v) is 4.54. The van der Waals surface area contributed by atoms with Crippen molar-refractivity contribution < 1.29 is 4.79 Å². The molecule has 0 aromatic heterocycles. The summed E-state index contributed by atoms with van der Waals surface area (Å²) in [4.78, 5) is 13.8. The normalized spacial score (nSPS) is 10.4. The second kappa shape index (κ2) is 6.43. The molecular weight excluding hydrogens is 210 g/mol. The van der Waals surface area contributed by atoms with Gasteiger partial charge >= 0.3 is 0 Å². The zero-order valence-electron chi connectivity index (χ0n) is 11.4. The van der Waals surface area contributed by atoms with Crippen LogP contribution in [-0.4, -0.2) is 18.9 Å². The Hall–Kier alpha value is -1.31. The first-order valence-electron chi connectivity index (χ1n) is 6.46. The average molecular weight is 233 g/mol. The van der Waals surface area contributed by atoms with Gasteiger partial charge in [0.05, 0.1) is 0 Å². The summed E-state index contributed by atoms with van der Waals surface area (Å²) < 4.78 is 0. The van der Waals surface area contributed by atoms with Crippen LogP contribution in [0.1, 0.15) is 49.5 Å². The van der Waals surface area contributed by atoms with Crippen molar-refractivity contribution in [3.63, 3.8) is 0 Å². The summed E-state index contributed by atoms with van der Waals surface area (Å²) in [7, 11) is 0. The van der Waals surface area contributed by atoms with Crippen LogP contribution >= 0.6 is 0 Å². The number of hydrogen-bond donors (Lipinski definition) is 0. The zero-order chi connectivity index (χ0) is 12.8. The SMILES string of the molecule is CCCN(CCC)c1ccc(C(C)=O)c(C)c1. The van der Waals surface area contributed by atoms with Crippen LogP contribution < -0.4 is 4.90 Å². The number of ketones is 1. The zero-order valence-corrected chi connectivity index (χ0v) is 11.4. The Morgan fingerprint density at radius 2 is 1.76 bits per heavy atom. The number of Topliss-reactive ketones (excluding diaryl/α,β-unsaturated/α-hetero) is 1. The first kappa shape index (κ1) is 13.8. The molecule has 1 rings (SSSR count). The molecule has 2 heteroatoms. The first-order chi connectivity index (χ1) is 8.10. The Morgan fingerprint density at radius 3 is 2.18 bits per heavy atom. The number of anilines is 1. The fraction of sp³-hybridized carbons (Fsp3) is 0.533. The topological polar surface area (TPSA) is 20.3 Å². The molecule has 0 N–H and O–H groups in total. The molecule has 2 nitrogen and oxygen atoms in total. The van der Waals surface area contributed by atoms with E-state index in [1.807, 2.05) is 13.0 Å². The Labute approximate surface area is 105 Å². The Kier molecular flexibility index (Phi) is 5.20. The highest BCUT2D eigenvalue weighted by molar-refractivity contribution is 5.95. The first-order valence-corrected chi connectivity index (χ1v) is 6.46. The summed E-state index contributed by atoms with van der Waals surface area (Å²) >= 11 is 0. The molecule has 94 valence electrons. The third kappa shape index (κ3) is 3.58. The van der Waals surface area contributed by atoms with Crippen molar-refractivity contribution in [2.24, 2.45) is 0 Å². The number of hydrogen-bond acceptors (Lipinski definition) is 2. The van der Waals surface area contributed by atoms with Crippen molar-refractivity contribution in [2.45, 2.75) is 40.5 Å². The minimum atomic E-state index is 0.145. The smallest absolute Gasteiger partial charge is 0.160 e. The van der Waals surface area contributed by atoms with Crippen LogP contribution in [0, 0.1) is 6.92 Å². The predicted octanol–water partition coefficient (Wildman–Crippen LogP) is 3.82. The van der Waals surface area contributed by atoms with Crippen LogP contribution in [0.4, 0.5) is 5.69 Å². The summed E-state index contributed by atoms with van der Waals surface area (Å²) in [6, 6.07) is 6.14. The van der Waals surface area contributed by atoms with Crippen molar-refractivity contribution in [1.82, 2.24) is 0 Å². The van der Waals surface area contributed by atoms with Gasteiger partial charge in [0, 0.05) is 24.3 Å². The van der Waals surface area contributed by atoms with Crippen LogP contribution in [0.2, 0.25) is 0 Å². The van der Waals surface area contributed by atoms with E-state index in [1.165, 1.54) is 5.69 Å². The van der Waals surface area contributed by atoms with Gasteiger partial charge in [-0.25, -0.2) is 0 Å². The van der Waals surface area contributed by atoms with E-state index in [9.17, 15) is 4.79 Å². The van der Waals surface area contributed by atoms with E-state index in [0.29, 0.717) is 0 Å². The molecule has 0 spiro atoms. The van der Waals surface area contributed by atoms with E-state index >= 15 is 0 Å². The molecule has 0 radical (unpaired) electrons. The summed E-state index contributed by atoms with van der Waals surface area (Å²) in [6.45, 7) is 10.2. The lowest BCUT2D eigenvalue weighted by Gasteiger charge is -2.24. The van der Waals surface area contributed by atoms with Gasteiger partial charge in [0.25, 0.3) is 0 Å². The molecule has 0 saturated heterocycles. The highest BCUT2D eigenvalue weighted by Gasteiger charge is 2.08. The van der Waals surface area contributed by atoms with Gasteiger partial charge in [0.2, 0.25) is 0 Å². The molecule has 1 aromatic rings. The molecular formula is C15H23NO. The fourth-order valence-electron chi connectivity index (χ4n) is 2.15. The number of carbonyl (C=O) groups excluding carboxylic acids is 1. The molecule has 17 heavy (non-hydrogen) atoms. The second-order valence-electron chi connectivity index (χ2n) is 4.54. The molecule has 0 amide bonds. The van der Waals surface area contributed by atoms with Crippen molar-refractivity contribution in [1.29, 1.82) is 0 Å². The molecule has 1 aromatic carbocycles. The summed E-state index contributed by atoms with van der Waals surface area (Å²) in [5, 5.41) is 0. The number of benzene rings is 1. The van der Waals surface area contributed by atoms with Gasteiger partial charge in [-0.05, 0) is 50.5 Å². The molecule has 0 bridgehead atoms. The maximum atomic E-state index is 11.4. The number of carbonyl (C=O) groups is 1. The molecule has 0 heterocycles. The standard InChI is InChI=1S/C15H23NO/c1-5-9-16(10-6-2)14-7-8-15(13(4)17)12(3)11-14/h7-8,11H,5-6,9-10H2,1-4H3. The van der Waals surface area contributed by atoms with E-state index in [2.05, 4.69) is 30.9 Å². The van der Waals surface area contributed by atoms with Crippen LogP contribution in [0.25, 0.3) is 0 Å². The largest absolute Gasteiger partial charge is 0.372 e. The van der Waals surface area contributed by atoms with Gasteiger partial charge in [0.15, 0.2) is 5.78 Å². The minimum absolute atomic E-state index is 0.145. The van der Waals surface area contributed by atoms with E-state index in [1.54, 1.807) is 6.92 Å². The number of rotatable bonds is 6. The van der Waals surface area contributed by atoms with Gasteiger partial charge in [-0.15, -0.1) is 0 Å². The predicted molar refractivity (Wildman–Crippen MR) is 74.0 cm³/mol. The molecule has 0 saturated carbocycles. The average Bonchev–Trinajstić information content (AvgIpc) is 2.28. The lowest BCUT2D eigenvalue weighted by Crippen LogP contribution is -2.25.